The Bertz CT molecular complexity index is 999. The van der Waals surface area contributed by atoms with Crippen LogP contribution in [0.25, 0.3) is 0 Å². The van der Waals surface area contributed by atoms with E-state index in [1.165, 1.54) is 17.8 Å². The molecule has 7 nitrogen and oxygen atoms in total. The third-order valence-corrected chi connectivity index (χ3v) is 6.24. The van der Waals surface area contributed by atoms with E-state index < -0.39 is 12.0 Å². The molecular formula is C24H29N3O4S. The predicted octanol–water partition coefficient (Wildman–Crippen LogP) is 4.30. The quantitative estimate of drug-likeness (QED) is 0.442. The fourth-order valence-electron chi connectivity index (χ4n) is 3.62. The summed E-state index contributed by atoms with van der Waals surface area (Å²) in [6.45, 7) is 9.51. The van der Waals surface area contributed by atoms with Crippen LogP contribution < -0.4 is 10.1 Å². The number of allylic oxidation sites excluding steroid dienone is 1. The van der Waals surface area contributed by atoms with Crippen molar-refractivity contribution in [3.63, 3.8) is 0 Å². The molecule has 2 unspecified atom stereocenters. The maximum Gasteiger partial charge on any atom is 0.338 e. The molecule has 0 aliphatic carbocycles. The number of nitrogens with one attached hydrogen (secondary N) is 1. The predicted molar refractivity (Wildman–Crippen MR) is 127 cm³/mol. The maximum absolute atomic E-state index is 13.1. The lowest BCUT2D eigenvalue weighted by molar-refractivity contribution is -0.138. The number of esters is 1. The van der Waals surface area contributed by atoms with Gasteiger partial charge in [-0.25, -0.2) is 9.79 Å². The third-order valence-electron chi connectivity index (χ3n) is 5.35. The van der Waals surface area contributed by atoms with Gasteiger partial charge in [-0.05, 0) is 31.7 Å². The van der Waals surface area contributed by atoms with Gasteiger partial charge < -0.3 is 19.7 Å². The summed E-state index contributed by atoms with van der Waals surface area (Å²) in [6, 6.07) is 7.09. The molecule has 1 amide bonds. The molecule has 8 heteroatoms. The number of rotatable bonds is 9. The summed E-state index contributed by atoms with van der Waals surface area (Å²) >= 11 is 1.44. The van der Waals surface area contributed by atoms with Crippen molar-refractivity contribution in [3.05, 3.63) is 64.9 Å². The molecule has 2 aliphatic heterocycles. The van der Waals surface area contributed by atoms with Gasteiger partial charge in [0.2, 0.25) is 5.91 Å². The highest BCUT2D eigenvalue weighted by Gasteiger charge is 2.42. The monoisotopic (exact) mass is 455 g/mol. The second-order valence-corrected chi connectivity index (χ2v) is 8.41. The summed E-state index contributed by atoms with van der Waals surface area (Å²) in [5.74, 6) is 0.0931. The summed E-state index contributed by atoms with van der Waals surface area (Å²) in [6.07, 6.45) is 2.55. The van der Waals surface area contributed by atoms with E-state index in [4.69, 9.17) is 9.47 Å². The van der Waals surface area contributed by atoms with Crippen molar-refractivity contribution in [1.82, 2.24) is 10.2 Å². The fourth-order valence-corrected chi connectivity index (χ4v) is 4.59. The normalized spacial score (nSPS) is 18.4. The first kappa shape index (κ1) is 23.7. The van der Waals surface area contributed by atoms with Gasteiger partial charge in [0.25, 0.3) is 0 Å². The molecule has 170 valence electrons. The second-order valence-electron chi connectivity index (χ2n) is 7.58. The maximum atomic E-state index is 13.1. The van der Waals surface area contributed by atoms with Gasteiger partial charge in [-0.15, -0.1) is 0 Å². The number of amides is 1. The van der Waals surface area contributed by atoms with E-state index in [1.54, 1.807) is 14.0 Å². The van der Waals surface area contributed by atoms with Gasteiger partial charge >= 0.3 is 5.97 Å². The van der Waals surface area contributed by atoms with Crippen molar-refractivity contribution < 1.29 is 19.1 Å². The average Bonchev–Trinajstić information content (AvgIpc) is 3.17. The number of para-hydroxylation sites is 1. The lowest BCUT2D eigenvalue weighted by Crippen LogP contribution is -2.39. The number of ether oxygens (including phenoxy) is 2. The minimum Gasteiger partial charge on any atom is -0.496 e. The molecule has 0 bridgehead atoms. The van der Waals surface area contributed by atoms with Gasteiger partial charge in [0.1, 0.15) is 12.4 Å². The number of carbonyl (C=O) groups excluding carboxylic acids is 2. The Morgan fingerprint density at radius 2 is 2.12 bits per heavy atom. The van der Waals surface area contributed by atoms with Gasteiger partial charge in [0.05, 0.1) is 30.8 Å². The number of benzene rings is 1. The van der Waals surface area contributed by atoms with Crippen LogP contribution in [-0.2, 0) is 14.3 Å². The van der Waals surface area contributed by atoms with Gasteiger partial charge in [-0.1, -0.05) is 49.5 Å². The zero-order chi connectivity index (χ0) is 23.3. The van der Waals surface area contributed by atoms with Crippen LogP contribution in [0.3, 0.4) is 0 Å². The van der Waals surface area contributed by atoms with E-state index in [1.807, 2.05) is 48.4 Å². The first-order valence-electron chi connectivity index (χ1n) is 10.6. The third kappa shape index (κ3) is 4.91. The molecule has 1 aromatic carbocycles. The largest absolute Gasteiger partial charge is 0.496 e. The zero-order valence-corrected chi connectivity index (χ0v) is 19.7. The average molecular weight is 456 g/mol. The lowest BCUT2D eigenvalue weighted by atomic mass is 9.93. The Morgan fingerprint density at radius 3 is 2.81 bits per heavy atom. The van der Waals surface area contributed by atoms with Crippen LogP contribution in [0.1, 0.15) is 45.2 Å². The van der Waals surface area contributed by atoms with Crippen LogP contribution in [-0.4, -0.2) is 41.7 Å². The van der Waals surface area contributed by atoms with E-state index in [9.17, 15) is 9.59 Å². The minimum absolute atomic E-state index is 0.0757. The van der Waals surface area contributed by atoms with Gasteiger partial charge in [0.15, 0.2) is 5.17 Å². The van der Waals surface area contributed by atoms with Gasteiger partial charge in [-0.2, -0.15) is 0 Å². The van der Waals surface area contributed by atoms with E-state index in [2.05, 4.69) is 16.9 Å². The molecule has 2 atom stereocenters. The molecule has 32 heavy (non-hydrogen) atoms. The molecule has 0 saturated heterocycles. The summed E-state index contributed by atoms with van der Waals surface area (Å²) in [7, 11) is 1.60. The van der Waals surface area contributed by atoms with Crippen LogP contribution >= 0.6 is 11.8 Å². The van der Waals surface area contributed by atoms with Gasteiger partial charge in [-0.3, -0.25) is 4.79 Å². The Labute approximate surface area is 193 Å². The van der Waals surface area contributed by atoms with E-state index in [-0.39, 0.29) is 25.0 Å². The SMILES string of the molecule is C=CCOC(=O)C1=C(C)N=C2SC=C(CC(=O)NC(C)CC)N2C1c1ccccc1OC. The molecule has 2 heterocycles. The molecule has 3 rings (SSSR count). The summed E-state index contributed by atoms with van der Waals surface area (Å²) < 4.78 is 11.0. The van der Waals surface area contributed by atoms with Crippen molar-refractivity contribution in [2.45, 2.75) is 45.7 Å². The molecule has 1 aromatic rings. The fraction of sp³-hybridized carbons (Fsp3) is 0.375. The number of thioether (sulfide) groups is 1. The van der Waals surface area contributed by atoms with E-state index in [0.29, 0.717) is 22.2 Å². The number of nitrogens with zero attached hydrogens (tertiary/aromatic N) is 2. The number of aliphatic imine (C=N–C) groups is 1. The summed E-state index contributed by atoms with van der Waals surface area (Å²) in [4.78, 5) is 32.3. The van der Waals surface area contributed by atoms with Crippen molar-refractivity contribution in [1.29, 1.82) is 0 Å². The smallest absolute Gasteiger partial charge is 0.338 e. The Kier molecular flexibility index (Phi) is 7.80. The number of hydrogen-bond donors (Lipinski definition) is 1. The van der Waals surface area contributed by atoms with Crippen LogP contribution in [0.15, 0.2) is 64.3 Å². The van der Waals surface area contributed by atoms with Crippen molar-refractivity contribution in [2.75, 3.05) is 13.7 Å². The topological polar surface area (TPSA) is 80.2 Å². The zero-order valence-electron chi connectivity index (χ0n) is 18.9. The Morgan fingerprint density at radius 1 is 1.38 bits per heavy atom. The summed E-state index contributed by atoms with van der Waals surface area (Å²) in [5.41, 5.74) is 2.55. The Hall–Kier alpha value is -3.00. The number of amidine groups is 1. The van der Waals surface area contributed by atoms with E-state index >= 15 is 0 Å². The van der Waals surface area contributed by atoms with E-state index in [0.717, 1.165) is 17.7 Å². The Balaban J connectivity index is 2.04. The molecule has 0 spiro atoms. The highest BCUT2D eigenvalue weighted by Crippen LogP contribution is 2.46. The standard InChI is InChI=1S/C24H29N3O4S/c1-6-12-31-23(29)21-16(4)26-24-27(22(21)18-10-8-9-11-19(18)30-5)17(14-32-24)13-20(28)25-15(3)7-2/h6,8-11,14-15,22H,1,7,12-13H2,2-5H3,(H,25,28). The van der Waals surface area contributed by atoms with Gasteiger partial charge in [0, 0.05) is 17.3 Å². The molecule has 0 saturated carbocycles. The van der Waals surface area contributed by atoms with Crippen LogP contribution in [0.5, 0.6) is 5.75 Å². The van der Waals surface area contributed by atoms with Crippen LogP contribution in [0, 0.1) is 0 Å². The van der Waals surface area contributed by atoms with Crippen molar-refractivity contribution in [2.24, 2.45) is 4.99 Å². The molecule has 0 aromatic heterocycles. The lowest BCUT2D eigenvalue weighted by Gasteiger charge is -2.36. The molecule has 0 fully saturated rings. The van der Waals surface area contributed by atoms with Crippen molar-refractivity contribution in [3.8, 4) is 5.75 Å². The first-order chi connectivity index (χ1) is 15.4. The van der Waals surface area contributed by atoms with Crippen molar-refractivity contribution >= 4 is 28.8 Å². The second kappa shape index (κ2) is 10.5. The molecular weight excluding hydrogens is 426 g/mol. The highest BCUT2D eigenvalue weighted by molar-refractivity contribution is 8.16. The summed E-state index contributed by atoms with van der Waals surface area (Å²) in [5, 5.41) is 5.64. The molecule has 2 aliphatic rings. The number of fused-ring (bicyclic) bond motifs is 1. The van der Waals surface area contributed by atoms with Crippen LogP contribution in [0.2, 0.25) is 0 Å². The molecule has 0 radical (unpaired) electrons. The minimum atomic E-state index is -0.534. The first-order valence-corrected chi connectivity index (χ1v) is 11.4. The number of carbonyl (C=O) groups is 2. The number of methoxy groups -OCH3 is 1. The highest BCUT2D eigenvalue weighted by atomic mass is 32.2. The van der Waals surface area contributed by atoms with Crippen LogP contribution in [0.4, 0.5) is 0 Å². The molecule has 1 N–H and O–H groups in total. The number of hydrogen-bond acceptors (Lipinski definition) is 7.